The highest BCUT2D eigenvalue weighted by Gasteiger charge is 2.13. The molecule has 0 saturated carbocycles. The Kier molecular flexibility index (Phi) is 6.44. The SMILES string of the molecule is O=C(COC(=O)CNC(=O)c1ccccc1F)NCc1cccs1. The van der Waals surface area contributed by atoms with Crippen molar-refractivity contribution < 1.29 is 23.5 Å². The van der Waals surface area contributed by atoms with Gasteiger partial charge in [0.15, 0.2) is 6.61 Å². The van der Waals surface area contributed by atoms with Gasteiger partial charge in [-0.3, -0.25) is 14.4 Å². The first-order chi connectivity index (χ1) is 11.6. The summed E-state index contributed by atoms with van der Waals surface area (Å²) in [6, 6.07) is 9.14. The van der Waals surface area contributed by atoms with Crippen LogP contribution >= 0.6 is 11.3 Å². The van der Waals surface area contributed by atoms with Gasteiger partial charge >= 0.3 is 5.97 Å². The van der Waals surface area contributed by atoms with Gasteiger partial charge in [-0.05, 0) is 23.6 Å². The Morgan fingerprint density at radius 1 is 1.08 bits per heavy atom. The molecule has 0 aliphatic heterocycles. The molecule has 0 saturated heterocycles. The predicted octanol–water partition coefficient (Wildman–Crippen LogP) is 1.48. The minimum absolute atomic E-state index is 0.168. The van der Waals surface area contributed by atoms with Crippen LogP contribution in [0.4, 0.5) is 4.39 Å². The summed E-state index contributed by atoms with van der Waals surface area (Å²) in [5, 5.41) is 6.72. The number of hydrogen-bond acceptors (Lipinski definition) is 5. The van der Waals surface area contributed by atoms with Crippen LogP contribution in [0.2, 0.25) is 0 Å². The molecule has 0 bridgehead atoms. The summed E-state index contributed by atoms with van der Waals surface area (Å²) >= 11 is 1.50. The monoisotopic (exact) mass is 350 g/mol. The van der Waals surface area contributed by atoms with Gasteiger partial charge < -0.3 is 15.4 Å². The molecule has 1 heterocycles. The molecule has 0 fully saturated rings. The average Bonchev–Trinajstić information content (AvgIpc) is 3.10. The number of ether oxygens (including phenoxy) is 1. The number of benzene rings is 1. The number of esters is 1. The van der Waals surface area contributed by atoms with Crippen molar-refractivity contribution in [3.63, 3.8) is 0 Å². The van der Waals surface area contributed by atoms with Gasteiger partial charge in [0.1, 0.15) is 12.4 Å². The third-order valence-corrected chi connectivity index (χ3v) is 3.79. The highest BCUT2D eigenvalue weighted by atomic mass is 32.1. The van der Waals surface area contributed by atoms with Gasteiger partial charge in [-0.15, -0.1) is 11.3 Å². The van der Waals surface area contributed by atoms with E-state index in [2.05, 4.69) is 10.6 Å². The molecular formula is C16H15FN2O4S. The summed E-state index contributed by atoms with van der Waals surface area (Å²) in [5.41, 5.74) is -0.168. The van der Waals surface area contributed by atoms with Gasteiger partial charge in [0.2, 0.25) is 0 Å². The van der Waals surface area contributed by atoms with E-state index in [1.165, 1.54) is 29.5 Å². The predicted molar refractivity (Wildman–Crippen MR) is 85.9 cm³/mol. The van der Waals surface area contributed by atoms with E-state index >= 15 is 0 Å². The number of hydrogen-bond donors (Lipinski definition) is 2. The number of thiophene rings is 1. The Balaban J connectivity index is 1.67. The number of carbonyl (C=O) groups is 3. The molecule has 0 aliphatic carbocycles. The molecule has 0 atom stereocenters. The maximum atomic E-state index is 13.4. The molecule has 24 heavy (non-hydrogen) atoms. The number of halogens is 1. The van der Waals surface area contributed by atoms with Gasteiger partial charge in [-0.2, -0.15) is 0 Å². The zero-order chi connectivity index (χ0) is 17.4. The van der Waals surface area contributed by atoms with Gasteiger partial charge in [0.05, 0.1) is 12.1 Å². The van der Waals surface area contributed by atoms with Crippen LogP contribution in [0.1, 0.15) is 15.2 Å². The van der Waals surface area contributed by atoms with Crippen LogP contribution in [-0.2, 0) is 20.9 Å². The second-order valence-corrected chi connectivity index (χ2v) is 5.71. The highest BCUT2D eigenvalue weighted by Crippen LogP contribution is 2.07. The summed E-state index contributed by atoms with van der Waals surface area (Å²) in [6.07, 6.45) is 0. The van der Waals surface area contributed by atoms with Crippen molar-refractivity contribution in [2.24, 2.45) is 0 Å². The van der Waals surface area contributed by atoms with Gasteiger partial charge in [0.25, 0.3) is 11.8 Å². The smallest absolute Gasteiger partial charge is 0.325 e. The van der Waals surface area contributed by atoms with E-state index in [9.17, 15) is 18.8 Å². The van der Waals surface area contributed by atoms with Crippen LogP contribution in [0, 0.1) is 5.82 Å². The molecule has 0 spiro atoms. The van der Waals surface area contributed by atoms with Crippen molar-refractivity contribution in [1.82, 2.24) is 10.6 Å². The van der Waals surface area contributed by atoms with Gasteiger partial charge in [-0.1, -0.05) is 18.2 Å². The molecule has 2 aromatic rings. The Bertz CT molecular complexity index is 719. The van der Waals surface area contributed by atoms with Crippen LogP contribution in [0.25, 0.3) is 0 Å². The number of amides is 2. The van der Waals surface area contributed by atoms with Crippen molar-refractivity contribution >= 4 is 29.1 Å². The Morgan fingerprint density at radius 3 is 2.58 bits per heavy atom. The van der Waals surface area contributed by atoms with Crippen LogP contribution < -0.4 is 10.6 Å². The fraction of sp³-hybridized carbons (Fsp3) is 0.188. The van der Waals surface area contributed by atoms with E-state index in [1.54, 1.807) is 0 Å². The summed E-state index contributed by atoms with van der Waals surface area (Å²) < 4.78 is 18.1. The van der Waals surface area contributed by atoms with Crippen molar-refractivity contribution in [1.29, 1.82) is 0 Å². The largest absolute Gasteiger partial charge is 0.454 e. The fourth-order valence-corrected chi connectivity index (χ4v) is 2.38. The van der Waals surface area contributed by atoms with Crippen LogP contribution in [0.3, 0.4) is 0 Å². The number of carbonyl (C=O) groups excluding carboxylic acids is 3. The first-order valence-corrected chi connectivity index (χ1v) is 7.91. The zero-order valence-corrected chi connectivity index (χ0v) is 13.4. The maximum Gasteiger partial charge on any atom is 0.325 e. The first kappa shape index (κ1) is 17.6. The van der Waals surface area contributed by atoms with E-state index in [4.69, 9.17) is 4.74 Å². The number of nitrogens with one attached hydrogen (secondary N) is 2. The molecule has 0 unspecified atom stereocenters. The highest BCUT2D eigenvalue weighted by molar-refractivity contribution is 7.09. The summed E-state index contributed by atoms with van der Waals surface area (Å²) in [7, 11) is 0. The van der Waals surface area contributed by atoms with E-state index in [1.807, 2.05) is 17.5 Å². The van der Waals surface area contributed by atoms with Crippen molar-refractivity contribution in [3.05, 3.63) is 58.0 Å². The normalized spacial score (nSPS) is 10.0. The Labute approximate surface area is 141 Å². The lowest BCUT2D eigenvalue weighted by Crippen LogP contribution is -2.34. The van der Waals surface area contributed by atoms with Crippen LogP contribution in [-0.4, -0.2) is 30.9 Å². The molecule has 0 radical (unpaired) electrons. The molecule has 126 valence electrons. The van der Waals surface area contributed by atoms with Crippen LogP contribution in [0.15, 0.2) is 41.8 Å². The second kappa shape index (κ2) is 8.78. The van der Waals surface area contributed by atoms with Gasteiger partial charge in [-0.25, -0.2) is 4.39 Å². The van der Waals surface area contributed by atoms with Crippen molar-refractivity contribution in [2.75, 3.05) is 13.2 Å². The lowest BCUT2D eigenvalue weighted by molar-refractivity contribution is -0.147. The molecule has 1 aromatic carbocycles. The average molecular weight is 350 g/mol. The summed E-state index contributed by atoms with van der Waals surface area (Å²) in [4.78, 5) is 35.7. The number of rotatable bonds is 7. The first-order valence-electron chi connectivity index (χ1n) is 7.03. The summed E-state index contributed by atoms with van der Waals surface area (Å²) in [6.45, 7) is -0.538. The minimum atomic E-state index is -0.786. The van der Waals surface area contributed by atoms with Gasteiger partial charge in [0, 0.05) is 4.88 Å². The quantitative estimate of drug-likeness (QED) is 0.741. The lowest BCUT2D eigenvalue weighted by Gasteiger charge is -2.07. The van der Waals surface area contributed by atoms with Crippen LogP contribution in [0.5, 0.6) is 0 Å². The van der Waals surface area contributed by atoms with E-state index in [0.717, 1.165) is 10.9 Å². The molecule has 2 N–H and O–H groups in total. The molecule has 2 amide bonds. The molecule has 0 aliphatic rings. The van der Waals surface area contributed by atoms with E-state index in [0.29, 0.717) is 6.54 Å². The Hall–Kier alpha value is -2.74. The third kappa shape index (κ3) is 5.47. The minimum Gasteiger partial charge on any atom is -0.454 e. The summed E-state index contributed by atoms with van der Waals surface area (Å²) in [5.74, 6) is -2.65. The Morgan fingerprint density at radius 2 is 1.88 bits per heavy atom. The molecule has 6 nitrogen and oxygen atoms in total. The lowest BCUT2D eigenvalue weighted by atomic mass is 10.2. The maximum absolute atomic E-state index is 13.4. The van der Waals surface area contributed by atoms with Crippen molar-refractivity contribution in [2.45, 2.75) is 6.54 Å². The van der Waals surface area contributed by atoms with Crippen molar-refractivity contribution in [3.8, 4) is 0 Å². The van der Waals surface area contributed by atoms with E-state index in [-0.39, 0.29) is 5.56 Å². The standard InChI is InChI=1S/C16H15FN2O4S/c17-13-6-2-1-5-12(13)16(22)19-9-15(21)23-10-14(20)18-8-11-4-3-7-24-11/h1-7H,8-10H2,(H,18,20)(H,19,22). The third-order valence-electron chi connectivity index (χ3n) is 2.92. The zero-order valence-electron chi connectivity index (χ0n) is 12.6. The molecule has 2 rings (SSSR count). The molecule has 1 aromatic heterocycles. The molecular weight excluding hydrogens is 335 g/mol. The molecule has 8 heteroatoms. The van der Waals surface area contributed by atoms with E-state index < -0.39 is 36.8 Å². The second-order valence-electron chi connectivity index (χ2n) is 4.68. The fourth-order valence-electron chi connectivity index (χ4n) is 1.74. The topological polar surface area (TPSA) is 84.5 Å².